The van der Waals surface area contributed by atoms with Crippen LogP contribution in [0, 0.1) is 5.82 Å². The minimum atomic E-state index is -0.392. The molecule has 1 aromatic rings. The fourth-order valence-corrected chi connectivity index (χ4v) is 1.78. The molecule has 0 radical (unpaired) electrons. The van der Waals surface area contributed by atoms with E-state index < -0.39 is 5.82 Å². The molecule has 0 amide bonds. The maximum Gasteiger partial charge on any atom is 0.134 e. The molecule has 0 aliphatic heterocycles. The Morgan fingerprint density at radius 3 is 2.79 bits per heavy atom. The molecule has 3 N–H and O–H groups in total. The molecule has 4 heteroatoms. The molecule has 0 aliphatic rings. The number of phenols is 1. The van der Waals surface area contributed by atoms with Gasteiger partial charge in [-0.1, -0.05) is 13.3 Å². The van der Waals surface area contributed by atoms with Crippen LogP contribution in [0.3, 0.4) is 0 Å². The molecule has 0 fully saturated rings. The van der Waals surface area contributed by atoms with Gasteiger partial charge in [0.2, 0.25) is 0 Å². The van der Waals surface area contributed by atoms with Crippen molar-refractivity contribution in [2.75, 3.05) is 0 Å². The van der Waals surface area contributed by atoms with Crippen LogP contribution in [0.2, 0.25) is 0 Å². The fraction of sp³-hybridized carbons (Fsp3) is 0.400. The summed E-state index contributed by atoms with van der Waals surface area (Å²) in [5.41, 5.74) is 6.25. The van der Waals surface area contributed by atoms with Crippen LogP contribution in [0.25, 0.3) is 0 Å². The monoisotopic (exact) mass is 261 g/mol. The van der Waals surface area contributed by atoms with Gasteiger partial charge in [0.15, 0.2) is 0 Å². The van der Waals surface area contributed by atoms with Crippen molar-refractivity contribution in [3.05, 3.63) is 28.0 Å². The summed E-state index contributed by atoms with van der Waals surface area (Å²) < 4.78 is 13.4. The molecule has 14 heavy (non-hydrogen) atoms. The molecule has 1 atom stereocenters. The van der Waals surface area contributed by atoms with Crippen LogP contribution >= 0.6 is 15.9 Å². The van der Waals surface area contributed by atoms with Crippen LogP contribution < -0.4 is 5.73 Å². The van der Waals surface area contributed by atoms with Crippen molar-refractivity contribution in [1.82, 2.24) is 0 Å². The Labute approximate surface area is 91.1 Å². The van der Waals surface area contributed by atoms with Crippen LogP contribution in [-0.2, 0) is 0 Å². The van der Waals surface area contributed by atoms with Crippen molar-refractivity contribution in [2.24, 2.45) is 5.73 Å². The number of hydrogen-bond acceptors (Lipinski definition) is 2. The lowest BCUT2D eigenvalue weighted by molar-refractivity contribution is 0.451. The first-order chi connectivity index (χ1) is 6.56. The van der Waals surface area contributed by atoms with E-state index in [9.17, 15) is 9.50 Å². The second kappa shape index (κ2) is 4.75. The third kappa shape index (κ3) is 2.45. The Kier molecular flexibility index (Phi) is 3.89. The zero-order valence-electron chi connectivity index (χ0n) is 7.93. The van der Waals surface area contributed by atoms with Gasteiger partial charge in [-0.05, 0) is 34.5 Å². The van der Waals surface area contributed by atoms with Gasteiger partial charge in [0, 0.05) is 11.6 Å². The van der Waals surface area contributed by atoms with E-state index in [1.54, 1.807) is 0 Å². The second-order valence-electron chi connectivity index (χ2n) is 3.22. The topological polar surface area (TPSA) is 46.2 Å². The SMILES string of the molecule is CCC[C@H](N)c1cc(F)cc(Br)c1O. The maximum absolute atomic E-state index is 13.0. The number of hydrogen-bond donors (Lipinski definition) is 2. The largest absolute Gasteiger partial charge is 0.506 e. The highest BCUT2D eigenvalue weighted by molar-refractivity contribution is 9.10. The highest BCUT2D eigenvalue weighted by Crippen LogP contribution is 2.33. The number of nitrogens with two attached hydrogens (primary N) is 1. The molecule has 1 rings (SSSR count). The van der Waals surface area contributed by atoms with Crippen LogP contribution in [0.1, 0.15) is 31.4 Å². The van der Waals surface area contributed by atoms with E-state index in [0.29, 0.717) is 10.0 Å². The first-order valence-electron chi connectivity index (χ1n) is 4.49. The Balaban J connectivity index is 3.07. The first-order valence-corrected chi connectivity index (χ1v) is 5.29. The molecule has 0 unspecified atom stereocenters. The highest BCUT2D eigenvalue weighted by atomic mass is 79.9. The second-order valence-corrected chi connectivity index (χ2v) is 4.07. The van der Waals surface area contributed by atoms with Crippen LogP contribution in [0.15, 0.2) is 16.6 Å². The number of aromatic hydroxyl groups is 1. The number of rotatable bonds is 3. The zero-order chi connectivity index (χ0) is 10.7. The van der Waals surface area contributed by atoms with Gasteiger partial charge in [-0.25, -0.2) is 4.39 Å². The summed E-state index contributed by atoms with van der Waals surface area (Å²) in [6.45, 7) is 1.99. The third-order valence-corrected chi connectivity index (χ3v) is 2.66. The Bertz CT molecular complexity index is 330. The molecule has 2 nitrogen and oxygen atoms in total. The fourth-order valence-electron chi connectivity index (χ4n) is 1.34. The van der Waals surface area contributed by atoms with Gasteiger partial charge in [0.25, 0.3) is 0 Å². The zero-order valence-corrected chi connectivity index (χ0v) is 9.51. The Morgan fingerprint density at radius 1 is 1.57 bits per heavy atom. The van der Waals surface area contributed by atoms with Crippen molar-refractivity contribution in [3.8, 4) is 5.75 Å². The van der Waals surface area contributed by atoms with Gasteiger partial charge < -0.3 is 10.8 Å². The van der Waals surface area contributed by atoms with E-state index in [4.69, 9.17) is 5.73 Å². The predicted octanol–water partition coefficient (Wildman–Crippen LogP) is 3.09. The van der Waals surface area contributed by atoms with Crippen molar-refractivity contribution in [1.29, 1.82) is 0 Å². The van der Waals surface area contributed by atoms with Crippen molar-refractivity contribution in [3.63, 3.8) is 0 Å². The van der Waals surface area contributed by atoms with Gasteiger partial charge in [-0.15, -0.1) is 0 Å². The van der Waals surface area contributed by atoms with Crippen molar-refractivity contribution in [2.45, 2.75) is 25.8 Å². The van der Waals surface area contributed by atoms with E-state index in [2.05, 4.69) is 15.9 Å². The van der Waals surface area contributed by atoms with Gasteiger partial charge in [0.05, 0.1) is 4.47 Å². The molecule has 0 aromatic heterocycles. The highest BCUT2D eigenvalue weighted by Gasteiger charge is 2.14. The molecule has 0 saturated heterocycles. The summed E-state index contributed by atoms with van der Waals surface area (Å²) in [7, 11) is 0. The summed E-state index contributed by atoms with van der Waals surface area (Å²) in [5.74, 6) is -0.358. The molecule has 0 aliphatic carbocycles. The smallest absolute Gasteiger partial charge is 0.134 e. The predicted molar refractivity (Wildman–Crippen MR) is 57.6 cm³/mol. The van der Waals surface area contributed by atoms with Crippen molar-refractivity contribution < 1.29 is 9.50 Å². The maximum atomic E-state index is 13.0. The molecule has 0 bridgehead atoms. The molecular formula is C10H13BrFNO. The number of halogens is 2. The van der Waals surface area contributed by atoms with E-state index in [1.165, 1.54) is 12.1 Å². The lowest BCUT2D eigenvalue weighted by Gasteiger charge is -2.13. The van der Waals surface area contributed by atoms with Gasteiger partial charge in [-0.3, -0.25) is 0 Å². The van der Waals surface area contributed by atoms with Gasteiger partial charge >= 0.3 is 0 Å². The van der Waals surface area contributed by atoms with Crippen LogP contribution in [-0.4, -0.2) is 5.11 Å². The molecular weight excluding hydrogens is 249 g/mol. The van der Waals surface area contributed by atoms with Gasteiger partial charge in [-0.2, -0.15) is 0 Å². The molecule has 78 valence electrons. The number of benzene rings is 1. The average Bonchev–Trinajstić information content (AvgIpc) is 2.11. The summed E-state index contributed by atoms with van der Waals surface area (Å²) in [4.78, 5) is 0. The Morgan fingerprint density at radius 2 is 2.21 bits per heavy atom. The molecule has 0 heterocycles. The molecule has 0 spiro atoms. The normalized spacial score (nSPS) is 12.9. The Hall–Kier alpha value is -0.610. The molecule has 1 aromatic carbocycles. The summed E-state index contributed by atoms with van der Waals surface area (Å²) in [5, 5.41) is 9.63. The van der Waals surface area contributed by atoms with Gasteiger partial charge in [0.1, 0.15) is 11.6 Å². The minimum Gasteiger partial charge on any atom is -0.506 e. The standard InChI is InChI=1S/C10H13BrFNO/c1-2-3-9(13)7-4-6(12)5-8(11)10(7)14/h4-5,9,14H,2-3,13H2,1H3/t9-/m0/s1. The summed E-state index contributed by atoms with van der Waals surface area (Å²) in [6.07, 6.45) is 1.62. The summed E-state index contributed by atoms with van der Waals surface area (Å²) in [6, 6.07) is 2.18. The quantitative estimate of drug-likeness (QED) is 0.879. The van der Waals surface area contributed by atoms with E-state index in [1.807, 2.05) is 6.92 Å². The van der Waals surface area contributed by atoms with Crippen LogP contribution in [0.4, 0.5) is 4.39 Å². The number of phenolic OH excluding ortho intramolecular Hbond substituents is 1. The summed E-state index contributed by atoms with van der Waals surface area (Å²) >= 11 is 3.07. The van der Waals surface area contributed by atoms with E-state index >= 15 is 0 Å². The first kappa shape index (κ1) is 11.5. The minimum absolute atomic E-state index is 0.0346. The average molecular weight is 262 g/mol. The molecule has 0 saturated carbocycles. The van der Waals surface area contributed by atoms with E-state index in [0.717, 1.165) is 12.8 Å². The lowest BCUT2D eigenvalue weighted by Crippen LogP contribution is -2.10. The van der Waals surface area contributed by atoms with E-state index in [-0.39, 0.29) is 11.8 Å². The lowest BCUT2D eigenvalue weighted by atomic mass is 10.0. The van der Waals surface area contributed by atoms with Crippen LogP contribution in [0.5, 0.6) is 5.75 Å². The van der Waals surface area contributed by atoms with Crippen molar-refractivity contribution >= 4 is 15.9 Å². The third-order valence-electron chi connectivity index (χ3n) is 2.06.